The van der Waals surface area contributed by atoms with Gasteiger partial charge >= 0.3 is 0 Å². The van der Waals surface area contributed by atoms with Gasteiger partial charge in [0.1, 0.15) is 0 Å². The van der Waals surface area contributed by atoms with Crippen molar-refractivity contribution in [2.24, 2.45) is 11.8 Å². The molecule has 0 aromatic heterocycles. The van der Waals surface area contributed by atoms with Gasteiger partial charge in [0.2, 0.25) is 0 Å². The maximum atomic E-state index is 3.80. The Morgan fingerprint density at radius 1 is 0.950 bits per heavy atom. The first-order valence-corrected chi connectivity index (χ1v) is 9.19. The van der Waals surface area contributed by atoms with Crippen molar-refractivity contribution in [3.05, 3.63) is 0 Å². The van der Waals surface area contributed by atoms with Gasteiger partial charge in [-0.15, -0.1) is 0 Å². The summed E-state index contributed by atoms with van der Waals surface area (Å²) < 4.78 is 0. The molecule has 4 atom stereocenters. The van der Waals surface area contributed by atoms with Gasteiger partial charge in [-0.1, -0.05) is 33.6 Å². The van der Waals surface area contributed by atoms with Crippen molar-refractivity contribution in [3.8, 4) is 0 Å². The average molecular weight is 278 g/mol. The van der Waals surface area contributed by atoms with E-state index < -0.39 is 0 Å². The normalized spacial score (nSPS) is 41.5. The highest BCUT2D eigenvalue weighted by Crippen LogP contribution is 2.36. The highest BCUT2D eigenvalue weighted by Gasteiger charge is 2.38. The molecular weight excluding hydrogens is 244 g/mol. The van der Waals surface area contributed by atoms with E-state index in [2.05, 4.69) is 31.0 Å². The van der Waals surface area contributed by atoms with Gasteiger partial charge in [0.05, 0.1) is 0 Å². The molecule has 0 aromatic carbocycles. The molecule has 1 aliphatic carbocycles. The van der Waals surface area contributed by atoms with Crippen molar-refractivity contribution in [2.75, 3.05) is 6.54 Å². The molecule has 3 aliphatic rings. The molecule has 3 rings (SSSR count). The van der Waals surface area contributed by atoms with E-state index in [0.29, 0.717) is 0 Å². The van der Waals surface area contributed by atoms with Crippen molar-refractivity contribution in [1.82, 2.24) is 10.2 Å². The van der Waals surface area contributed by atoms with E-state index in [1.807, 2.05) is 0 Å². The summed E-state index contributed by atoms with van der Waals surface area (Å²) >= 11 is 0. The number of hydrogen-bond acceptors (Lipinski definition) is 2. The molecule has 1 N–H and O–H groups in total. The lowest BCUT2D eigenvalue weighted by Gasteiger charge is -2.45. The van der Waals surface area contributed by atoms with Gasteiger partial charge in [-0.25, -0.2) is 0 Å². The number of piperidine rings is 1. The summed E-state index contributed by atoms with van der Waals surface area (Å²) in [6.45, 7) is 8.50. The van der Waals surface area contributed by atoms with Crippen LogP contribution >= 0.6 is 0 Å². The Hall–Kier alpha value is -0.0800. The number of nitrogens with zero attached hydrogens (tertiary/aromatic N) is 1. The molecule has 0 amide bonds. The highest BCUT2D eigenvalue weighted by molar-refractivity contribution is 4.97. The first-order chi connectivity index (χ1) is 9.67. The largest absolute Gasteiger partial charge is 0.311 e. The van der Waals surface area contributed by atoms with Gasteiger partial charge < -0.3 is 5.32 Å². The minimum absolute atomic E-state index is 0.831. The van der Waals surface area contributed by atoms with E-state index in [0.717, 1.165) is 36.0 Å². The SMILES string of the molecule is CCN(C1CC2CCC(C1)N2)C1CCCC(C(C)C)C1. The van der Waals surface area contributed by atoms with E-state index in [-0.39, 0.29) is 0 Å². The predicted molar refractivity (Wildman–Crippen MR) is 85.9 cm³/mol. The van der Waals surface area contributed by atoms with Crippen LogP contribution in [-0.2, 0) is 0 Å². The third kappa shape index (κ3) is 3.06. The zero-order valence-corrected chi connectivity index (χ0v) is 13.8. The van der Waals surface area contributed by atoms with E-state index >= 15 is 0 Å². The van der Waals surface area contributed by atoms with Crippen molar-refractivity contribution >= 4 is 0 Å². The fourth-order valence-electron chi connectivity index (χ4n) is 5.22. The summed E-state index contributed by atoms with van der Waals surface area (Å²) in [5, 5.41) is 3.80. The van der Waals surface area contributed by atoms with Crippen LogP contribution in [0.3, 0.4) is 0 Å². The summed E-state index contributed by atoms with van der Waals surface area (Å²) in [5.41, 5.74) is 0. The molecule has 4 unspecified atom stereocenters. The molecule has 0 radical (unpaired) electrons. The molecular formula is C18H34N2. The molecule has 0 aromatic rings. The Labute approximate surface area is 125 Å². The fourth-order valence-corrected chi connectivity index (χ4v) is 5.22. The molecule has 3 fully saturated rings. The quantitative estimate of drug-likeness (QED) is 0.841. The topological polar surface area (TPSA) is 15.3 Å². The van der Waals surface area contributed by atoms with Crippen LogP contribution in [0.15, 0.2) is 0 Å². The fraction of sp³-hybridized carbons (Fsp3) is 1.00. The van der Waals surface area contributed by atoms with Crippen LogP contribution in [0.1, 0.15) is 72.1 Å². The van der Waals surface area contributed by atoms with Gasteiger partial charge in [0.15, 0.2) is 0 Å². The van der Waals surface area contributed by atoms with Gasteiger partial charge in [0.25, 0.3) is 0 Å². The summed E-state index contributed by atoms with van der Waals surface area (Å²) in [7, 11) is 0. The maximum absolute atomic E-state index is 3.80. The second-order valence-electron chi connectivity index (χ2n) is 7.92. The van der Waals surface area contributed by atoms with Crippen LogP contribution < -0.4 is 5.32 Å². The summed E-state index contributed by atoms with van der Waals surface area (Å²) in [5.74, 6) is 1.85. The van der Waals surface area contributed by atoms with Gasteiger partial charge in [0, 0.05) is 24.2 Å². The lowest BCUT2D eigenvalue weighted by atomic mass is 9.78. The molecule has 20 heavy (non-hydrogen) atoms. The van der Waals surface area contributed by atoms with Crippen molar-refractivity contribution < 1.29 is 0 Å². The predicted octanol–water partition coefficient (Wildman–Crippen LogP) is 3.81. The van der Waals surface area contributed by atoms with Crippen LogP contribution in [0.5, 0.6) is 0 Å². The Morgan fingerprint density at radius 3 is 2.25 bits per heavy atom. The molecule has 2 saturated heterocycles. The second kappa shape index (κ2) is 6.36. The van der Waals surface area contributed by atoms with Crippen LogP contribution in [0.4, 0.5) is 0 Å². The Bertz CT molecular complexity index is 303. The maximum Gasteiger partial charge on any atom is 0.0128 e. The lowest BCUT2D eigenvalue weighted by molar-refractivity contribution is 0.0566. The minimum Gasteiger partial charge on any atom is -0.311 e. The number of hydrogen-bond donors (Lipinski definition) is 1. The van der Waals surface area contributed by atoms with Crippen LogP contribution in [0.25, 0.3) is 0 Å². The number of fused-ring (bicyclic) bond motifs is 2. The standard InChI is InChI=1S/C18H34N2/c1-4-20(17-7-5-6-14(10-17)13(2)3)18-11-15-8-9-16(12-18)19-15/h13-19H,4-12H2,1-3H3. The Kier molecular flexibility index (Phi) is 4.72. The van der Waals surface area contributed by atoms with E-state index in [4.69, 9.17) is 0 Å². The lowest BCUT2D eigenvalue weighted by Crippen LogP contribution is -2.52. The number of nitrogens with one attached hydrogen (secondary N) is 1. The monoisotopic (exact) mass is 278 g/mol. The second-order valence-corrected chi connectivity index (χ2v) is 7.92. The first kappa shape index (κ1) is 14.8. The Balaban J connectivity index is 1.63. The third-order valence-electron chi connectivity index (χ3n) is 6.38. The molecule has 0 spiro atoms. The van der Waals surface area contributed by atoms with E-state index in [9.17, 15) is 0 Å². The highest BCUT2D eigenvalue weighted by atomic mass is 15.2. The van der Waals surface area contributed by atoms with E-state index in [1.54, 1.807) is 0 Å². The van der Waals surface area contributed by atoms with Crippen LogP contribution in [-0.4, -0.2) is 35.6 Å². The average Bonchev–Trinajstić information content (AvgIpc) is 2.79. The van der Waals surface area contributed by atoms with Crippen LogP contribution in [0.2, 0.25) is 0 Å². The zero-order valence-electron chi connectivity index (χ0n) is 13.8. The van der Waals surface area contributed by atoms with Gasteiger partial charge in [-0.2, -0.15) is 0 Å². The minimum atomic E-state index is 0.831. The summed E-state index contributed by atoms with van der Waals surface area (Å²) in [6.07, 6.45) is 11.5. The molecule has 2 aliphatic heterocycles. The molecule has 2 nitrogen and oxygen atoms in total. The van der Waals surface area contributed by atoms with Crippen molar-refractivity contribution in [2.45, 2.75) is 96.3 Å². The van der Waals surface area contributed by atoms with Crippen molar-refractivity contribution in [3.63, 3.8) is 0 Å². The zero-order chi connectivity index (χ0) is 14.1. The molecule has 2 bridgehead atoms. The van der Waals surface area contributed by atoms with Gasteiger partial charge in [-0.05, 0) is 56.9 Å². The smallest absolute Gasteiger partial charge is 0.0128 e. The third-order valence-corrected chi connectivity index (χ3v) is 6.38. The molecule has 2 heterocycles. The van der Waals surface area contributed by atoms with Crippen LogP contribution in [0, 0.1) is 11.8 Å². The van der Waals surface area contributed by atoms with Crippen molar-refractivity contribution in [1.29, 1.82) is 0 Å². The van der Waals surface area contributed by atoms with E-state index in [1.165, 1.54) is 57.9 Å². The molecule has 116 valence electrons. The summed E-state index contributed by atoms with van der Waals surface area (Å²) in [4.78, 5) is 2.90. The molecule has 1 saturated carbocycles. The van der Waals surface area contributed by atoms with Gasteiger partial charge in [-0.3, -0.25) is 4.90 Å². The Morgan fingerprint density at radius 2 is 1.65 bits per heavy atom. The summed E-state index contributed by atoms with van der Waals surface area (Å²) in [6, 6.07) is 3.41. The molecule has 2 heteroatoms. The number of rotatable bonds is 4. The first-order valence-electron chi connectivity index (χ1n) is 9.19.